The Morgan fingerprint density at radius 1 is 1.07 bits per heavy atom. The van der Waals surface area contributed by atoms with Crippen molar-refractivity contribution in [3.05, 3.63) is 64.7 Å². The summed E-state index contributed by atoms with van der Waals surface area (Å²) in [4.78, 5) is 24.0. The van der Waals surface area contributed by atoms with Crippen LogP contribution in [0.15, 0.2) is 48.5 Å². The van der Waals surface area contributed by atoms with Crippen LogP contribution in [0, 0.1) is 0 Å². The van der Waals surface area contributed by atoms with Gasteiger partial charge in [-0.05, 0) is 48.9 Å². The molecule has 0 aliphatic rings. The van der Waals surface area contributed by atoms with Crippen LogP contribution in [0.5, 0.6) is 5.75 Å². The maximum Gasteiger partial charge on any atom is 0.251 e. The Morgan fingerprint density at radius 3 is 2.48 bits per heavy atom. The summed E-state index contributed by atoms with van der Waals surface area (Å²) in [7, 11) is 1.60. The van der Waals surface area contributed by atoms with Gasteiger partial charge in [-0.15, -0.1) is 0 Å². The summed E-state index contributed by atoms with van der Waals surface area (Å²) in [5.74, 6) is 0.284. The van der Waals surface area contributed by atoms with Crippen molar-refractivity contribution in [3.8, 4) is 5.75 Å². The molecule has 0 aliphatic heterocycles. The molecule has 6 nitrogen and oxygen atoms in total. The first-order chi connectivity index (χ1) is 13.0. The summed E-state index contributed by atoms with van der Waals surface area (Å²) in [6.07, 6.45) is -0.608. The third-order valence-electron chi connectivity index (χ3n) is 3.82. The fourth-order valence-electron chi connectivity index (χ4n) is 2.27. The fraction of sp³-hybridized carbons (Fsp3) is 0.300. The van der Waals surface area contributed by atoms with Crippen LogP contribution >= 0.6 is 11.6 Å². The number of halogens is 1. The van der Waals surface area contributed by atoms with E-state index in [1.54, 1.807) is 38.3 Å². The van der Waals surface area contributed by atoms with E-state index in [-0.39, 0.29) is 11.8 Å². The topological polar surface area (TPSA) is 76.7 Å². The molecule has 1 atom stereocenters. The lowest BCUT2D eigenvalue weighted by Crippen LogP contribution is -2.39. The molecule has 144 valence electrons. The van der Waals surface area contributed by atoms with Gasteiger partial charge in [0, 0.05) is 23.7 Å². The van der Waals surface area contributed by atoms with Crippen LogP contribution in [0.25, 0.3) is 0 Å². The molecule has 0 bridgehead atoms. The van der Waals surface area contributed by atoms with Gasteiger partial charge in [-0.2, -0.15) is 0 Å². The summed E-state index contributed by atoms with van der Waals surface area (Å²) in [5, 5.41) is 6.04. The van der Waals surface area contributed by atoms with E-state index in [1.165, 1.54) is 0 Å². The maximum atomic E-state index is 12.1. The second kappa shape index (κ2) is 10.5. The summed E-state index contributed by atoms with van der Waals surface area (Å²) in [5.41, 5.74) is 1.44. The van der Waals surface area contributed by atoms with Crippen LogP contribution in [0.2, 0.25) is 5.02 Å². The highest BCUT2D eigenvalue weighted by Gasteiger charge is 2.13. The van der Waals surface area contributed by atoms with Gasteiger partial charge in [-0.1, -0.05) is 23.7 Å². The number of carbonyl (C=O) groups excluding carboxylic acids is 2. The molecule has 0 saturated carbocycles. The van der Waals surface area contributed by atoms with Crippen molar-refractivity contribution in [2.24, 2.45) is 0 Å². The predicted molar refractivity (Wildman–Crippen MR) is 104 cm³/mol. The summed E-state index contributed by atoms with van der Waals surface area (Å²) in [6, 6.07) is 14.1. The van der Waals surface area contributed by atoms with Crippen LogP contribution in [0.4, 0.5) is 0 Å². The molecule has 0 radical (unpaired) electrons. The molecule has 0 saturated heterocycles. The molecule has 2 N–H and O–H groups in total. The van der Waals surface area contributed by atoms with E-state index < -0.39 is 6.10 Å². The van der Waals surface area contributed by atoms with Gasteiger partial charge in [0.2, 0.25) is 5.91 Å². The summed E-state index contributed by atoms with van der Waals surface area (Å²) >= 11 is 5.79. The van der Waals surface area contributed by atoms with Crippen LogP contribution in [-0.4, -0.2) is 38.1 Å². The average molecular weight is 391 g/mol. The quantitative estimate of drug-likeness (QED) is 0.645. The normalized spacial score (nSPS) is 11.5. The molecule has 0 aliphatic carbocycles. The van der Waals surface area contributed by atoms with Crippen LogP contribution in [0.1, 0.15) is 22.8 Å². The lowest BCUT2D eigenvalue weighted by atomic mass is 10.2. The number of rotatable bonds is 9. The zero-order valence-corrected chi connectivity index (χ0v) is 16.1. The van der Waals surface area contributed by atoms with Crippen molar-refractivity contribution < 1.29 is 19.1 Å². The molecule has 2 aromatic carbocycles. The molecule has 1 unspecified atom stereocenters. The van der Waals surface area contributed by atoms with E-state index in [0.29, 0.717) is 30.3 Å². The van der Waals surface area contributed by atoms with Gasteiger partial charge in [0.25, 0.3) is 5.91 Å². The highest BCUT2D eigenvalue weighted by molar-refractivity contribution is 6.30. The highest BCUT2D eigenvalue weighted by atomic mass is 35.5. The molecular formula is C20H23ClN2O4. The summed E-state index contributed by atoms with van der Waals surface area (Å²) < 4.78 is 10.7. The van der Waals surface area contributed by atoms with E-state index in [2.05, 4.69) is 10.6 Å². The average Bonchev–Trinajstić information content (AvgIpc) is 2.69. The van der Waals surface area contributed by atoms with Crippen LogP contribution in [-0.2, 0) is 16.1 Å². The van der Waals surface area contributed by atoms with E-state index in [9.17, 15) is 9.59 Å². The minimum absolute atomic E-state index is 0.219. The molecule has 2 rings (SSSR count). The Hall–Kier alpha value is -2.57. The van der Waals surface area contributed by atoms with Crippen molar-refractivity contribution in [3.63, 3.8) is 0 Å². The standard InChI is InChI=1S/C20H23ClN2O4/c1-14(27-13-15-4-3-5-18(12-15)26-2)19(24)22-10-11-23-20(25)16-6-8-17(21)9-7-16/h3-9,12,14H,10-11,13H2,1-2H3,(H,22,24)(H,23,25). The van der Waals surface area contributed by atoms with Crippen molar-refractivity contribution in [1.29, 1.82) is 0 Å². The van der Waals surface area contributed by atoms with Crippen molar-refractivity contribution in [1.82, 2.24) is 10.6 Å². The smallest absolute Gasteiger partial charge is 0.251 e. The Morgan fingerprint density at radius 2 is 1.78 bits per heavy atom. The third kappa shape index (κ3) is 6.92. The second-order valence-corrected chi connectivity index (χ2v) is 6.30. The predicted octanol–water partition coefficient (Wildman–Crippen LogP) is 2.80. The summed E-state index contributed by atoms with van der Waals surface area (Å²) in [6.45, 7) is 2.61. The van der Waals surface area contributed by atoms with Gasteiger partial charge >= 0.3 is 0 Å². The number of methoxy groups -OCH3 is 1. The lowest BCUT2D eigenvalue weighted by molar-refractivity contribution is -0.132. The van der Waals surface area contributed by atoms with Gasteiger partial charge in [0.1, 0.15) is 11.9 Å². The molecule has 0 heterocycles. The van der Waals surface area contributed by atoms with Crippen LogP contribution < -0.4 is 15.4 Å². The number of hydrogen-bond donors (Lipinski definition) is 2. The minimum atomic E-state index is -0.608. The first kappa shape index (κ1) is 20.7. The molecule has 0 spiro atoms. The minimum Gasteiger partial charge on any atom is -0.497 e. The maximum absolute atomic E-state index is 12.1. The number of carbonyl (C=O) groups is 2. The van der Waals surface area contributed by atoms with Gasteiger partial charge < -0.3 is 20.1 Å². The molecule has 0 aromatic heterocycles. The van der Waals surface area contributed by atoms with E-state index >= 15 is 0 Å². The molecule has 7 heteroatoms. The van der Waals surface area contributed by atoms with Gasteiger partial charge in [-0.25, -0.2) is 0 Å². The fourth-order valence-corrected chi connectivity index (χ4v) is 2.39. The number of ether oxygens (including phenoxy) is 2. The largest absolute Gasteiger partial charge is 0.497 e. The zero-order valence-electron chi connectivity index (χ0n) is 15.3. The number of benzene rings is 2. The van der Waals surface area contributed by atoms with Crippen molar-refractivity contribution >= 4 is 23.4 Å². The van der Waals surface area contributed by atoms with Crippen LogP contribution in [0.3, 0.4) is 0 Å². The van der Waals surface area contributed by atoms with Gasteiger partial charge in [0.05, 0.1) is 13.7 Å². The number of hydrogen-bond acceptors (Lipinski definition) is 4. The van der Waals surface area contributed by atoms with E-state index in [1.807, 2.05) is 24.3 Å². The van der Waals surface area contributed by atoms with Gasteiger partial charge in [-0.3, -0.25) is 9.59 Å². The third-order valence-corrected chi connectivity index (χ3v) is 4.07. The molecule has 2 aromatic rings. The Labute approximate surface area is 163 Å². The zero-order chi connectivity index (χ0) is 19.6. The molecule has 2 amide bonds. The second-order valence-electron chi connectivity index (χ2n) is 5.86. The molecule has 0 fully saturated rings. The molecule has 27 heavy (non-hydrogen) atoms. The monoisotopic (exact) mass is 390 g/mol. The highest BCUT2D eigenvalue weighted by Crippen LogP contribution is 2.14. The van der Waals surface area contributed by atoms with Crippen molar-refractivity contribution in [2.45, 2.75) is 19.6 Å². The Kier molecular flexibility index (Phi) is 8.10. The SMILES string of the molecule is COc1cccc(COC(C)C(=O)NCCNC(=O)c2ccc(Cl)cc2)c1. The number of nitrogens with one attached hydrogen (secondary N) is 2. The van der Waals surface area contributed by atoms with Gasteiger partial charge in [0.15, 0.2) is 0 Å². The van der Waals surface area contributed by atoms with E-state index in [4.69, 9.17) is 21.1 Å². The first-order valence-electron chi connectivity index (χ1n) is 8.55. The Balaban J connectivity index is 1.67. The first-order valence-corrected chi connectivity index (χ1v) is 8.93. The molecular weight excluding hydrogens is 368 g/mol. The van der Waals surface area contributed by atoms with E-state index in [0.717, 1.165) is 11.3 Å². The number of amides is 2. The Bertz CT molecular complexity index is 765. The van der Waals surface area contributed by atoms with Crippen molar-refractivity contribution in [2.75, 3.05) is 20.2 Å². The lowest BCUT2D eigenvalue weighted by Gasteiger charge is -2.14.